The van der Waals surface area contributed by atoms with Crippen LogP contribution in [0.2, 0.25) is 0 Å². The molecule has 15 heteroatoms. The summed E-state index contributed by atoms with van der Waals surface area (Å²) < 4.78 is 12.8. The van der Waals surface area contributed by atoms with Gasteiger partial charge in [0.2, 0.25) is 0 Å². The van der Waals surface area contributed by atoms with Gasteiger partial charge in [0.15, 0.2) is 16.6 Å². The molecule has 236 valence electrons. The molecule has 0 radical (unpaired) electrons. The molecule has 46 heavy (non-hydrogen) atoms. The van der Waals surface area contributed by atoms with E-state index in [4.69, 9.17) is 9.47 Å². The van der Waals surface area contributed by atoms with Gasteiger partial charge in [-0.1, -0.05) is 35.1 Å². The quantitative estimate of drug-likeness (QED) is 0.120. The monoisotopic (exact) mass is 661 g/mol. The molecule has 2 aliphatic heterocycles. The number of rotatable bonds is 11. The van der Waals surface area contributed by atoms with Crippen LogP contribution in [-0.4, -0.2) is 61.3 Å². The topological polar surface area (TPSA) is 175 Å². The van der Waals surface area contributed by atoms with Crippen LogP contribution in [0.4, 0.5) is 4.79 Å². The van der Waals surface area contributed by atoms with E-state index in [0.29, 0.717) is 59.6 Å². The van der Waals surface area contributed by atoms with Gasteiger partial charge in [0, 0.05) is 47.9 Å². The first-order chi connectivity index (χ1) is 22.2. The van der Waals surface area contributed by atoms with E-state index in [-0.39, 0.29) is 16.6 Å². The van der Waals surface area contributed by atoms with Gasteiger partial charge in [0.05, 0.1) is 35.7 Å². The number of carbonyl (C=O) groups is 3. The molecule has 1 aliphatic carbocycles. The molecule has 3 heterocycles. The van der Waals surface area contributed by atoms with Crippen LogP contribution < -0.4 is 10.1 Å². The predicted molar refractivity (Wildman–Crippen MR) is 172 cm³/mol. The molecule has 0 bridgehead atoms. The predicted octanol–water partition coefficient (Wildman–Crippen LogP) is 5.17. The summed E-state index contributed by atoms with van der Waals surface area (Å²) in [6.07, 6.45) is 4.47. The first-order valence-corrected chi connectivity index (χ1v) is 16.5. The van der Waals surface area contributed by atoms with Crippen LogP contribution in [-0.2, 0) is 22.6 Å². The number of Topliss-reactive ketones (excluding diaryl/α,β-unsaturated/α-hetero) is 1. The van der Waals surface area contributed by atoms with Gasteiger partial charge in [-0.05, 0) is 46.9 Å². The minimum absolute atomic E-state index is 0.00220. The third-order valence-electron chi connectivity index (χ3n) is 7.80. The molecule has 3 aliphatic rings. The first kappa shape index (κ1) is 31.1. The summed E-state index contributed by atoms with van der Waals surface area (Å²) in [6, 6.07) is 10.1. The standard InChI is InChI=1S/C31H27N5O8S2/c1-43-25-12-19-20(29(38)27-18-6-3-2-5-17(18)14-33-28(19)27)11-21(25)26(44-31(39)40)15-45-46-30-23(36(41)42)13-24(37)22(34-30)7-4-9-35-10-8-32-16-35/h2-3,5-6,8,10-13,16,22,26,33H,4,7,9,14-15H2,1H3,(H,39,40). The highest BCUT2D eigenvalue weighted by atomic mass is 33.1. The van der Waals surface area contributed by atoms with Crippen molar-refractivity contribution in [2.45, 2.75) is 38.1 Å². The summed E-state index contributed by atoms with van der Waals surface area (Å²) in [6.45, 7) is 1.16. The van der Waals surface area contributed by atoms with E-state index in [9.17, 15) is 29.6 Å². The van der Waals surface area contributed by atoms with Crippen molar-refractivity contribution in [2.75, 3.05) is 12.9 Å². The SMILES string of the molecule is COc1cc2c(cc1C(CSSC1=NC(CCCn3ccnc3)C(=O)C=C1[N+](=O)[O-])OC(=O)O)C(=O)C1=C2NCc2ccccc21. The van der Waals surface area contributed by atoms with Crippen LogP contribution in [0.15, 0.2) is 71.9 Å². The van der Waals surface area contributed by atoms with E-state index in [0.717, 1.165) is 38.8 Å². The van der Waals surface area contributed by atoms with E-state index in [1.165, 1.54) is 7.11 Å². The number of dihydropyridines is 1. The average molecular weight is 662 g/mol. The van der Waals surface area contributed by atoms with E-state index < -0.39 is 34.7 Å². The van der Waals surface area contributed by atoms with E-state index in [1.807, 2.05) is 28.8 Å². The lowest BCUT2D eigenvalue weighted by Crippen LogP contribution is -2.26. The maximum absolute atomic E-state index is 13.7. The van der Waals surface area contributed by atoms with Gasteiger partial charge in [-0.15, -0.1) is 0 Å². The third-order valence-corrected chi connectivity index (χ3v) is 10.1. The highest BCUT2D eigenvalue weighted by Gasteiger charge is 2.37. The number of aryl methyl sites for hydroxylation is 1. The van der Waals surface area contributed by atoms with Crippen LogP contribution in [0.1, 0.15) is 51.6 Å². The molecule has 0 amide bonds. The fourth-order valence-electron chi connectivity index (χ4n) is 5.66. The maximum atomic E-state index is 13.7. The van der Waals surface area contributed by atoms with Crippen LogP contribution in [0.5, 0.6) is 5.75 Å². The lowest BCUT2D eigenvalue weighted by atomic mass is 9.94. The number of aliphatic imine (C=N–C) groups is 1. The second-order valence-corrected chi connectivity index (χ2v) is 12.9. The molecule has 2 aromatic carbocycles. The number of carboxylic acid groups (broad SMARTS) is 1. The lowest BCUT2D eigenvalue weighted by molar-refractivity contribution is -0.414. The van der Waals surface area contributed by atoms with E-state index in [2.05, 4.69) is 15.3 Å². The number of benzene rings is 2. The zero-order chi connectivity index (χ0) is 32.4. The molecule has 3 aromatic rings. The molecule has 0 saturated carbocycles. The molecule has 0 spiro atoms. The van der Waals surface area contributed by atoms with Gasteiger partial charge in [-0.25, -0.2) is 9.78 Å². The second-order valence-electron chi connectivity index (χ2n) is 10.6. The third kappa shape index (κ3) is 6.15. The van der Waals surface area contributed by atoms with Gasteiger partial charge in [-0.3, -0.25) is 24.7 Å². The van der Waals surface area contributed by atoms with Crippen molar-refractivity contribution in [3.05, 3.63) is 105 Å². The molecule has 1 aromatic heterocycles. The normalized spacial score (nSPS) is 17.3. The Morgan fingerprint density at radius 2 is 2.07 bits per heavy atom. The van der Waals surface area contributed by atoms with Gasteiger partial charge >= 0.3 is 11.9 Å². The van der Waals surface area contributed by atoms with Gasteiger partial charge < -0.3 is 24.5 Å². The lowest BCUT2D eigenvalue weighted by Gasteiger charge is -2.21. The highest BCUT2D eigenvalue weighted by Crippen LogP contribution is 2.45. The number of aromatic nitrogens is 2. The minimum atomic E-state index is -1.54. The number of nitrogens with zero attached hydrogens (tertiary/aromatic N) is 4. The minimum Gasteiger partial charge on any atom is -0.496 e. The summed E-state index contributed by atoms with van der Waals surface area (Å²) in [4.78, 5) is 57.6. The van der Waals surface area contributed by atoms with Crippen molar-refractivity contribution in [3.8, 4) is 5.75 Å². The molecule has 6 rings (SSSR count). The molecule has 13 nitrogen and oxygen atoms in total. The summed E-state index contributed by atoms with van der Waals surface area (Å²) in [5, 5.41) is 24.7. The molecular weight excluding hydrogens is 635 g/mol. The highest BCUT2D eigenvalue weighted by molar-refractivity contribution is 8.82. The zero-order valence-electron chi connectivity index (χ0n) is 24.4. The van der Waals surface area contributed by atoms with Crippen molar-refractivity contribution in [3.63, 3.8) is 0 Å². The Balaban J connectivity index is 1.22. The molecule has 0 fully saturated rings. The van der Waals surface area contributed by atoms with Gasteiger partial charge in [-0.2, -0.15) is 0 Å². The number of imidazole rings is 1. The summed E-state index contributed by atoms with van der Waals surface area (Å²) >= 11 is 0. The summed E-state index contributed by atoms with van der Waals surface area (Å²) in [5.41, 5.74) is 4.00. The Labute approximate surface area is 270 Å². The van der Waals surface area contributed by atoms with Gasteiger partial charge in [0.1, 0.15) is 17.9 Å². The van der Waals surface area contributed by atoms with Crippen molar-refractivity contribution in [2.24, 2.45) is 4.99 Å². The Morgan fingerprint density at radius 3 is 2.80 bits per heavy atom. The Morgan fingerprint density at radius 1 is 1.24 bits per heavy atom. The van der Waals surface area contributed by atoms with Crippen LogP contribution >= 0.6 is 21.6 Å². The fraction of sp³-hybridized carbons (Fsp3) is 0.258. The molecule has 2 N–H and O–H groups in total. The summed E-state index contributed by atoms with van der Waals surface area (Å²) in [7, 11) is 3.48. The molecule has 0 saturated heterocycles. The van der Waals surface area contributed by atoms with Crippen molar-refractivity contribution in [1.29, 1.82) is 0 Å². The Kier molecular flexibility index (Phi) is 8.94. The maximum Gasteiger partial charge on any atom is 0.506 e. The number of fused-ring (bicyclic) bond motifs is 4. The number of hydrogen-bond acceptors (Lipinski definition) is 12. The molecule has 2 unspecified atom stereocenters. The zero-order valence-corrected chi connectivity index (χ0v) is 26.0. The number of nitrogens with one attached hydrogen (secondary N) is 1. The Bertz CT molecular complexity index is 1840. The second kappa shape index (κ2) is 13.2. The Hall–Kier alpha value is -4.89. The van der Waals surface area contributed by atoms with Crippen molar-refractivity contribution < 1.29 is 33.9 Å². The first-order valence-electron chi connectivity index (χ1n) is 14.2. The van der Waals surface area contributed by atoms with Gasteiger partial charge in [0.25, 0.3) is 0 Å². The average Bonchev–Trinajstić information content (AvgIpc) is 3.66. The van der Waals surface area contributed by atoms with Crippen molar-refractivity contribution >= 4 is 55.6 Å². The number of nitro groups is 1. The van der Waals surface area contributed by atoms with Crippen LogP contribution in [0, 0.1) is 10.1 Å². The largest absolute Gasteiger partial charge is 0.506 e. The molecular formula is C31H27N5O8S2. The number of allylic oxidation sites excluding steroid dienone is 1. The number of ether oxygens (including phenoxy) is 2. The number of ketones is 2. The van der Waals surface area contributed by atoms with E-state index >= 15 is 0 Å². The molecule has 2 atom stereocenters. The number of methoxy groups -OCH3 is 1. The van der Waals surface area contributed by atoms with Crippen LogP contribution in [0.25, 0.3) is 11.3 Å². The fourth-order valence-corrected chi connectivity index (χ4v) is 7.89. The van der Waals surface area contributed by atoms with Crippen molar-refractivity contribution in [1.82, 2.24) is 14.9 Å². The summed E-state index contributed by atoms with van der Waals surface area (Å²) in [5.74, 6) is -0.328. The number of hydrogen-bond donors (Lipinski definition) is 2. The smallest absolute Gasteiger partial charge is 0.496 e. The van der Waals surface area contributed by atoms with Crippen LogP contribution in [0.3, 0.4) is 0 Å². The number of carbonyl (C=O) groups excluding carboxylic acids is 2. The van der Waals surface area contributed by atoms with E-state index in [1.54, 1.807) is 30.9 Å².